The zero-order chi connectivity index (χ0) is 17.5. The molecule has 0 spiro atoms. The summed E-state index contributed by atoms with van der Waals surface area (Å²) in [6, 6.07) is 18.1. The molecule has 0 saturated carbocycles. The van der Waals surface area contributed by atoms with Gasteiger partial charge in [0.1, 0.15) is 5.75 Å². The maximum Gasteiger partial charge on any atom is 0.257 e. The number of amides is 1. The third-order valence-electron chi connectivity index (χ3n) is 4.91. The molecule has 1 N–H and O–H groups in total. The van der Waals surface area contributed by atoms with E-state index in [1.54, 1.807) is 0 Å². The molecular weight excluding hydrogens is 314 g/mol. The van der Waals surface area contributed by atoms with Crippen molar-refractivity contribution in [3.63, 3.8) is 0 Å². The number of hydrogen-bond acceptors (Lipinski definition) is 3. The Balaban J connectivity index is 1.59. The van der Waals surface area contributed by atoms with Gasteiger partial charge in [0.15, 0.2) is 6.61 Å². The van der Waals surface area contributed by atoms with Gasteiger partial charge in [0.25, 0.3) is 5.91 Å². The molecule has 132 valence electrons. The predicted molar refractivity (Wildman–Crippen MR) is 97.9 cm³/mol. The molecule has 1 aliphatic heterocycles. The van der Waals surface area contributed by atoms with Crippen molar-refractivity contribution in [3.05, 3.63) is 65.7 Å². The molecule has 2 aromatic carbocycles. The van der Waals surface area contributed by atoms with Crippen LogP contribution in [0.2, 0.25) is 0 Å². The van der Waals surface area contributed by atoms with Crippen LogP contribution in [0.25, 0.3) is 0 Å². The Morgan fingerprint density at radius 1 is 1.08 bits per heavy atom. The molecule has 1 amide bonds. The fourth-order valence-electron chi connectivity index (χ4n) is 3.30. The first kappa shape index (κ1) is 17.5. The number of ether oxygens (including phenoxy) is 2. The van der Waals surface area contributed by atoms with Crippen LogP contribution in [-0.4, -0.2) is 32.3 Å². The molecule has 0 unspecified atom stereocenters. The van der Waals surface area contributed by atoms with Crippen molar-refractivity contribution in [2.75, 3.05) is 26.4 Å². The Bertz CT molecular complexity index is 693. The van der Waals surface area contributed by atoms with Crippen LogP contribution >= 0.6 is 0 Å². The van der Waals surface area contributed by atoms with Gasteiger partial charge in [0.05, 0.1) is 0 Å². The zero-order valence-corrected chi connectivity index (χ0v) is 14.7. The number of benzene rings is 2. The summed E-state index contributed by atoms with van der Waals surface area (Å²) in [5.41, 5.74) is 2.23. The quantitative estimate of drug-likeness (QED) is 0.879. The van der Waals surface area contributed by atoms with Crippen molar-refractivity contribution in [2.24, 2.45) is 0 Å². The van der Waals surface area contributed by atoms with Gasteiger partial charge in [0, 0.05) is 25.2 Å². The maximum atomic E-state index is 12.3. The highest BCUT2D eigenvalue weighted by molar-refractivity contribution is 5.77. The summed E-state index contributed by atoms with van der Waals surface area (Å²) in [7, 11) is 0. The summed E-state index contributed by atoms with van der Waals surface area (Å²) in [6.45, 7) is 4.07. The van der Waals surface area contributed by atoms with Crippen LogP contribution in [-0.2, 0) is 14.9 Å². The van der Waals surface area contributed by atoms with Gasteiger partial charge in [-0.15, -0.1) is 0 Å². The van der Waals surface area contributed by atoms with Crippen LogP contribution in [0.3, 0.4) is 0 Å². The van der Waals surface area contributed by atoms with Gasteiger partial charge in [0.2, 0.25) is 0 Å². The Morgan fingerprint density at radius 2 is 1.76 bits per heavy atom. The first-order valence-corrected chi connectivity index (χ1v) is 8.78. The Hall–Kier alpha value is -2.33. The topological polar surface area (TPSA) is 47.6 Å². The summed E-state index contributed by atoms with van der Waals surface area (Å²) in [6.07, 6.45) is 1.83. The normalized spacial score (nSPS) is 16.2. The van der Waals surface area contributed by atoms with Gasteiger partial charge in [-0.05, 0) is 37.0 Å². The van der Waals surface area contributed by atoms with Crippen molar-refractivity contribution in [2.45, 2.75) is 25.2 Å². The molecule has 4 heteroatoms. The number of rotatable bonds is 6. The largest absolute Gasteiger partial charge is 0.484 e. The lowest BCUT2D eigenvalue weighted by molar-refractivity contribution is -0.123. The molecule has 1 fully saturated rings. The van der Waals surface area contributed by atoms with Crippen LogP contribution in [0.4, 0.5) is 0 Å². The van der Waals surface area contributed by atoms with Gasteiger partial charge < -0.3 is 14.8 Å². The molecule has 0 aromatic heterocycles. The minimum absolute atomic E-state index is 0.0340. The van der Waals surface area contributed by atoms with Gasteiger partial charge in [-0.3, -0.25) is 4.79 Å². The van der Waals surface area contributed by atoms with E-state index in [1.165, 1.54) is 5.56 Å². The van der Waals surface area contributed by atoms with Crippen LogP contribution < -0.4 is 10.1 Å². The van der Waals surface area contributed by atoms with E-state index in [-0.39, 0.29) is 17.9 Å². The number of carbonyl (C=O) groups excluding carboxylic acids is 1. The zero-order valence-electron chi connectivity index (χ0n) is 14.7. The lowest BCUT2D eigenvalue weighted by Gasteiger charge is -2.38. The SMILES string of the molecule is Cc1ccccc1OCC(=O)NCC1(c2ccccc2)CCOCC1. The highest BCUT2D eigenvalue weighted by atomic mass is 16.5. The van der Waals surface area contributed by atoms with Crippen molar-refractivity contribution in [1.82, 2.24) is 5.32 Å². The second kappa shape index (κ2) is 8.17. The van der Waals surface area contributed by atoms with Crippen molar-refractivity contribution in [3.8, 4) is 5.75 Å². The predicted octanol–water partition coefficient (Wildman–Crippen LogP) is 3.24. The van der Waals surface area contributed by atoms with E-state index in [4.69, 9.17) is 9.47 Å². The van der Waals surface area contributed by atoms with Crippen LogP contribution in [0.15, 0.2) is 54.6 Å². The fourth-order valence-corrected chi connectivity index (χ4v) is 3.30. The van der Waals surface area contributed by atoms with Crippen LogP contribution in [0.5, 0.6) is 5.75 Å². The summed E-state index contributed by atoms with van der Waals surface area (Å²) in [4.78, 5) is 12.3. The number of para-hydroxylation sites is 1. The standard InChI is InChI=1S/C21H25NO3/c1-17-7-5-6-10-19(17)25-15-20(23)22-16-21(11-13-24-14-12-21)18-8-3-2-4-9-18/h2-10H,11-16H2,1H3,(H,22,23). The average Bonchev–Trinajstić information content (AvgIpc) is 2.67. The second-order valence-electron chi connectivity index (χ2n) is 6.59. The van der Waals surface area contributed by atoms with E-state index in [0.29, 0.717) is 6.54 Å². The van der Waals surface area contributed by atoms with Gasteiger partial charge in [-0.2, -0.15) is 0 Å². The first-order valence-electron chi connectivity index (χ1n) is 8.78. The third kappa shape index (κ3) is 4.40. The Labute approximate surface area is 149 Å². The van der Waals surface area contributed by atoms with Gasteiger partial charge in [-0.1, -0.05) is 48.5 Å². The smallest absolute Gasteiger partial charge is 0.257 e. The minimum Gasteiger partial charge on any atom is -0.484 e. The highest BCUT2D eigenvalue weighted by Crippen LogP contribution is 2.34. The molecule has 25 heavy (non-hydrogen) atoms. The minimum atomic E-state index is -0.0925. The van der Waals surface area contributed by atoms with Crippen molar-refractivity contribution >= 4 is 5.91 Å². The molecular formula is C21H25NO3. The molecule has 0 aliphatic carbocycles. The van der Waals surface area contributed by atoms with E-state index >= 15 is 0 Å². The van der Waals surface area contributed by atoms with E-state index in [0.717, 1.165) is 37.4 Å². The summed E-state index contributed by atoms with van der Waals surface area (Å²) < 4.78 is 11.2. The Morgan fingerprint density at radius 3 is 2.48 bits per heavy atom. The third-order valence-corrected chi connectivity index (χ3v) is 4.91. The van der Waals surface area contributed by atoms with Crippen LogP contribution in [0.1, 0.15) is 24.0 Å². The van der Waals surface area contributed by atoms with E-state index in [2.05, 4.69) is 29.6 Å². The molecule has 0 bridgehead atoms. The number of nitrogens with one attached hydrogen (secondary N) is 1. The second-order valence-corrected chi connectivity index (χ2v) is 6.59. The molecule has 0 radical (unpaired) electrons. The number of carbonyl (C=O) groups is 1. The fraction of sp³-hybridized carbons (Fsp3) is 0.381. The van der Waals surface area contributed by atoms with Crippen LogP contribution in [0, 0.1) is 6.92 Å². The van der Waals surface area contributed by atoms with E-state index in [9.17, 15) is 4.79 Å². The maximum absolute atomic E-state index is 12.3. The summed E-state index contributed by atoms with van der Waals surface area (Å²) >= 11 is 0. The average molecular weight is 339 g/mol. The summed E-state index contributed by atoms with van der Waals surface area (Å²) in [5, 5.41) is 3.06. The van der Waals surface area contributed by atoms with E-state index in [1.807, 2.05) is 37.3 Å². The molecule has 1 heterocycles. The molecule has 3 rings (SSSR count). The van der Waals surface area contributed by atoms with Gasteiger partial charge in [-0.25, -0.2) is 0 Å². The molecule has 0 atom stereocenters. The van der Waals surface area contributed by atoms with E-state index < -0.39 is 0 Å². The molecule has 2 aromatic rings. The van der Waals surface area contributed by atoms with Crippen molar-refractivity contribution < 1.29 is 14.3 Å². The lowest BCUT2D eigenvalue weighted by atomic mass is 9.74. The summed E-state index contributed by atoms with van der Waals surface area (Å²) in [5.74, 6) is 0.659. The molecule has 4 nitrogen and oxygen atoms in total. The molecule has 1 aliphatic rings. The highest BCUT2D eigenvalue weighted by Gasteiger charge is 2.34. The lowest BCUT2D eigenvalue weighted by Crippen LogP contribution is -2.45. The number of aryl methyl sites for hydroxylation is 1. The van der Waals surface area contributed by atoms with Gasteiger partial charge >= 0.3 is 0 Å². The molecule has 1 saturated heterocycles. The van der Waals surface area contributed by atoms with Crippen molar-refractivity contribution in [1.29, 1.82) is 0 Å². The number of hydrogen-bond donors (Lipinski definition) is 1. The first-order chi connectivity index (χ1) is 12.2. The monoisotopic (exact) mass is 339 g/mol. The Kier molecular flexibility index (Phi) is 5.71.